The lowest BCUT2D eigenvalue weighted by Gasteiger charge is -1.99. The molecular weight excluding hydrogens is 140 g/mol. The summed E-state index contributed by atoms with van der Waals surface area (Å²) in [5.41, 5.74) is 0.989. The smallest absolute Gasteiger partial charge is 0.140 e. The van der Waals surface area contributed by atoms with Crippen LogP contribution in [0.5, 0.6) is 0 Å². The molecule has 0 heterocycles. The van der Waals surface area contributed by atoms with Crippen LogP contribution in [0.2, 0.25) is 0 Å². The van der Waals surface area contributed by atoms with Crippen molar-refractivity contribution in [3.63, 3.8) is 0 Å². The first-order chi connectivity index (χ1) is 5.15. The van der Waals surface area contributed by atoms with Crippen molar-refractivity contribution >= 4 is 13.3 Å². The highest BCUT2D eigenvalue weighted by Gasteiger charge is 2.04. The monoisotopic (exact) mass is 145 g/mol. The largest absolute Gasteiger partial charge is 0.206 e. The molecule has 0 fully saturated rings. The van der Waals surface area contributed by atoms with Gasteiger partial charge in [0.2, 0.25) is 0 Å². The van der Waals surface area contributed by atoms with Crippen LogP contribution in [-0.2, 0) is 0 Å². The summed E-state index contributed by atoms with van der Waals surface area (Å²) in [5.74, 6) is -0.551. The lowest BCUT2D eigenvalue weighted by atomic mass is 9.92. The molecule has 1 nitrogen and oxygen atoms in total. The first kappa shape index (κ1) is 7.81. The van der Waals surface area contributed by atoms with E-state index in [1.807, 2.05) is 0 Å². The Morgan fingerprint density at radius 1 is 1.55 bits per heavy atom. The third-order valence-corrected chi connectivity index (χ3v) is 1.42. The number of hydrogen-bond donors (Lipinski definition) is 0. The molecular formula is C8H5BFN. The van der Waals surface area contributed by atoms with E-state index in [4.69, 9.17) is 13.1 Å². The highest BCUT2D eigenvalue weighted by atomic mass is 19.1. The summed E-state index contributed by atoms with van der Waals surface area (Å²) in [5, 5.41) is 8.46. The SMILES string of the molecule is [B]c1cc(C)c(C#N)c(F)c1. The summed E-state index contributed by atoms with van der Waals surface area (Å²) in [7, 11) is 5.33. The first-order valence-corrected chi connectivity index (χ1v) is 3.11. The standard InChI is InChI=1S/C8H5BFN/c1-5-2-6(9)3-8(10)7(5)4-11/h2-3H,1H3. The second-order valence-corrected chi connectivity index (χ2v) is 2.31. The number of rotatable bonds is 0. The molecule has 1 rings (SSSR count). The number of nitrogens with zero attached hydrogens (tertiary/aromatic N) is 1. The molecule has 2 radical (unpaired) electrons. The normalized spacial score (nSPS) is 9.18. The Bertz CT molecular complexity index is 304. The summed E-state index contributed by atoms with van der Waals surface area (Å²) in [4.78, 5) is 0. The van der Waals surface area contributed by atoms with Crippen molar-refractivity contribution in [1.82, 2.24) is 0 Å². The molecule has 0 saturated heterocycles. The van der Waals surface area contributed by atoms with Gasteiger partial charge in [-0.2, -0.15) is 5.26 Å². The van der Waals surface area contributed by atoms with E-state index in [1.165, 1.54) is 0 Å². The van der Waals surface area contributed by atoms with Crippen LogP contribution < -0.4 is 5.46 Å². The van der Waals surface area contributed by atoms with E-state index < -0.39 is 5.82 Å². The molecule has 0 saturated carbocycles. The zero-order chi connectivity index (χ0) is 8.43. The maximum absolute atomic E-state index is 12.8. The van der Waals surface area contributed by atoms with Gasteiger partial charge in [0.15, 0.2) is 0 Å². The zero-order valence-electron chi connectivity index (χ0n) is 6.06. The molecule has 1 aromatic carbocycles. The number of benzene rings is 1. The van der Waals surface area contributed by atoms with E-state index in [0.717, 1.165) is 6.07 Å². The molecule has 3 heteroatoms. The van der Waals surface area contributed by atoms with Crippen molar-refractivity contribution < 1.29 is 4.39 Å². The van der Waals surface area contributed by atoms with Gasteiger partial charge in [0.25, 0.3) is 0 Å². The molecule has 0 spiro atoms. The summed E-state index contributed by atoms with van der Waals surface area (Å²) >= 11 is 0. The van der Waals surface area contributed by atoms with E-state index in [0.29, 0.717) is 11.0 Å². The highest BCUT2D eigenvalue weighted by Crippen LogP contribution is 2.08. The highest BCUT2D eigenvalue weighted by molar-refractivity contribution is 6.32. The number of aryl methyl sites for hydroxylation is 1. The van der Waals surface area contributed by atoms with Crippen LogP contribution in [0.15, 0.2) is 12.1 Å². The van der Waals surface area contributed by atoms with E-state index >= 15 is 0 Å². The van der Waals surface area contributed by atoms with Gasteiger partial charge in [-0.15, -0.1) is 0 Å². The van der Waals surface area contributed by atoms with E-state index in [-0.39, 0.29) is 5.56 Å². The molecule has 0 bridgehead atoms. The average Bonchev–Trinajstić information content (AvgIpc) is 1.85. The average molecular weight is 145 g/mol. The number of halogens is 1. The van der Waals surface area contributed by atoms with Crippen LogP contribution in [0, 0.1) is 24.1 Å². The summed E-state index contributed by atoms with van der Waals surface area (Å²) in [6, 6.07) is 4.48. The second kappa shape index (κ2) is 2.75. The minimum absolute atomic E-state index is 0.0687. The molecule has 0 unspecified atom stereocenters. The van der Waals surface area contributed by atoms with Gasteiger partial charge in [-0.25, -0.2) is 4.39 Å². The predicted molar refractivity (Wildman–Crippen MR) is 41.2 cm³/mol. The van der Waals surface area contributed by atoms with Crippen LogP contribution in [0.4, 0.5) is 4.39 Å². The first-order valence-electron chi connectivity index (χ1n) is 3.11. The van der Waals surface area contributed by atoms with Crippen molar-refractivity contribution in [2.45, 2.75) is 6.92 Å². The Labute approximate surface area is 65.9 Å². The van der Waals surface area contributed by atoms with Gasteiger partial charge in [-0.1, -0.05) is 11.5 Å². The van der Waals surface area contributed by atoms with E-state index in [2.05, 4.69) is 0 Å². The Morgan fingerprint density at radius 3 is 2.64 bits per heavy atom. The van der Waals surface area contributed by atoms with E-state index in [1.54, 1.807) is 19.1 Å². The van der Waals surface area contributed by atoms with Gasteiger partial charge in [0, 0.05) is 0 Å². The lowest BCUT2D eigenvalue weighted by Crippen LogP contribution is -2.05. The fraction of sp³-hybridized carbons (Fsp3) is 0.125. The van der Waals surface area contributed by atoms with Crippen LogP contribution in [-0.4, -0.2) is 7.85 Å². The van der Waals surface area contributed by atoms with Crippen molar-refractivity contribution in [1.29, 1.82) is 5.26 Å². The van der Waals surface area contributed by atoms with Gasteiger partial charge in [-0.05, 0) is 18.6 Å². The Hall–Kier alpha value is -1.30. The lowest BCUT2D eigenvalue weighted by molar-refractivity contribution is 0.624. The Balaban J connectivity index is 3.40. The number of nitriles is 1. The third kappa shape index (κ3) is 1.40. The zero-order valence-corrected chi connectivity index (χ0v) is 6.06. The predicted octanol–water partition coefficient (Wildman–Crippen LogP) is 0.800. The van der Waals surface area contributed by atoms with Crippen molar-refractivity contribution in [3.05, 3.63) is 29.1 Å². The van der Waals surface area contributed by atoms with Crippen LogP contribution in [0.1, 0.15) is 11.1 Å². The van der Waals surface area contributed by atoms with Crippen molar-refractivity contribution in [2.75, 3.05) is 0 Å². The molecule has 11 heavy (non-hydrogen) atoms. The van der Waals surface area contributed by atoms with Crippen molar-refractivity contribution in [2.24, 2.45) is 0 Å². The van der Waals surface area contributed by atoms with Crippen LogP contribution in [0.3, 0.4) is 0 Å². The topological polar surface area (TPSA) is 23.8 Å². The second-order valence-electron chi connectivity index (χ2n) is 2.31. The minimum atomic E-state index is -0.551. The maximum atomic E-state index is 12.8. The summed E-state index contributed by atoms with van der Waals surface area (Å²) in [6.07, 6.45) is 0. The van der Waals surface area contributed by atoms with Crippen LogP contribution >= 0.6 is 0 Å². The minimum Gasteiger partial charge on any atom is -0.206 e. The summed E-state index contributed by atoms with van der Waals surface area (Å²) < 4.78 is 12.8. The van der Waals surface area contributed by atoms with Gasteiger partial charge >= 0.3 is 0 Å². The fourth-order valence-electron chi connectivity index (χ4n) is 0.912. The molecule has 0 aliphatic carbocycles. The molecule has 0 N–H and O–H groups in total. The van der Waals surface area contributed by atoms with Gasteiger partial charge in [-0.3, -0.25) is 0 Å². The van der Waals surface area contributed by atoms with Gasteiger partial charge < -0.3 is 0 Å². The fourth-order valence-corrected chi connectivity index (χ4v) is 0.912. The quantitative estimate of drug-likeness (QED) is 0.495. The molecule has 0 amide bonds. The van der Waals surface area contributed by atoms with Crippen molar-refractivity contribution in [3.8, 4) is 6.07 Å². The Kier molecular flexibility index (Phi) is 1.95. The van der Waals surface area contributed by atoms with Crippen LogP contribution in [0.25, 0.3) is 0 Å². The summed E-state index contributed by atoms with van der Waals surface area (Å²) in [6.45, 7) is 1.65. The Morgan fingerprint density at radius 2 is 2.18 bits per heavy atom. The van der Waals surface area contributed by atoms with Gasteiger partial charge in [0.05, 0.1) is 5.56 Å². The molecule has 0 aliphatic rings. The molecule has 52 valence electrons. The van der Waals surface area contributed by atoms with E-state index in [9.17, 15) is 4.39 Å². The maximum Gasteiger partial charge on any atom is 0.140 e. The molecule has 1 aromatic rings. The molecule has 0 aliphatic heterocycles. The van der Waals surface area contributed by atoms with Gasteiger partial charge in [0.1, 0.15) is 19.7 Å². The third-order valence-electron chi connectivity index (χ3n) is 1.42. The number of hydrogen-bond acceptors (Lipinski definition) is 1. The molecule has 0 atom stereocenters. The molecule has 0 aromatic heterocycles.